The first-order valence-electron chi connectivity index (χ1n) is 19.7. The predicted molar refractivity (Wildman–Crippen MR) is 214 cm³/mol. The number of alkyl carbamates (subject to hydrolysis) is 3. The molecule has 1 spiro atoms. The molecule has 5 N–H and O–H groups in total. The van der Waals surface area contributed by atoms with E-state index in [1.165, 1.54) is 21.3 Å². The molecule has 0 bridgehead atoms. The second-order valence-corrected chi connectivity index (χ2v) is 15.7. The van der Waals surface area contributed by atoms with Crippen molar-refractivity contribution in [3.63, 3.8) is 0 Å². The Bertz CT molecular complexity index is 2290. The maximum absolute atomic E-state index is 13.9. The van der Waals surface area contributed by atoms with E-state index >= 15 is 0 Å². The fourth-order valence-corrected chi connectivity index (χ4v) is 7.92. The quantitative estimate of drug-likeness (QED) is 0.112. The van der Waals surface area contributed by atoms with E-state index in [1.54, 1.807) is 11.1 Å². The van der Waals surface area contributed by atoms with Gasteiger partial charge >= 0.3 is 18.3 Å². The molecular weight excluding hydrogens is 759 g/mol. The van der Waals surface area contributed by atoms with Gasteiger partial charge in [0.2, 0.25) is 11.8 Å². The number of rotatable bonds is 10. The highest BCUT2D eigenvalue weighted by Gasteiger charge is 2.55. The molecule has 17 nitrogen and oxygen atoms in total. The molecule has 310 valence electrons. The van der Waals surface area contributed by atoms with E-state index in [9.17, 15) is 24.0 Å². The van der Waals surface area contributed by atoms with Crippen molar-refractivity contribution in [1.29, 1.82) is 0 Å². The summed E-state index contributed by atoms with van der Waals surface area (Å²) >= 11 is 0. The Morgan fingerprint density at radius 2 is 1.54 bits per heavy atom. The van der Waals surface area contributed by atoms with E-state index in [0.29, 0.717) is 25.3 Å². The number of likely N-dealkylation sites (tertiary alicyclic amines) is 2. The molecule has 1 saturated carbocycles. The van der Waals surface area contributed by atoms with Gasteiger partial charge in [-0.05, 0) is 79.3 Å². The summed E-state index contributed by atoms with van der Waals surface area (Å²) < 4.78 is 14.1. The molecule has 3 aliphatic rings. The third kappa shape index (κ3) is 8.96. The highest BCUT2D eigenvalue weighted by atomic mass is 16.5. The molecule has 4 heterocycles. The average Bonchev–Trinajstić information content (AvgIpc) is 3.73. The molecule has 7 rings (SSSR count). The van der Waals surface area contributed by atoms with Crippen LogP contribution in [0.25, 0.3) is 22.3 Å². The fourth-order valence-electron chi connectivity index (χ4n) is 7.92. The molecule has 2 aromatic heterocycles. The highest BCUT2D eigenvalue weighted by Crippen LogP contribution is 2.58. The van der Waals surface area contributed by atoms with Gasteiger partial charge in [-0.2, -0.15) is 0 Å². The van der Waals surface area contributed by atoms with Gasteiger partial charge in [-0.3, -0.25) is 9.59 Å². The van der Waals surface area contributed by atoms with Crippen LogP contribution in [0.3, 0.4) is 0 Å². The summed E-state index contributed by atoms with van der Waals surface area (Å²) in [7, 11) is 3.70. The van der Waals surface area contributed by atoms with Crippen LogP contribution in [0.15, 0.2) is 48.7 Å². The zero-order valence-electron chi connectivity index (χ0n) is 33.7. The van der Waals surface area contributed by atoms with Crippen molar-refractivity contribution in [1.82, 2.24) is 45.7 Å². The van der Waals surface area contributed by atoms with Crippen LogP contribution < -0.4 is 16.0 Å². The van der Waals surface area contributed by atoms with Gasteiger partial charge in [0.1, 0.15) is 23.7 Å². The first-order chi connectivity index (χ1) is 28.4. The van der Waals surface area contributed by atoms with Crippen molar-refractivity contribution < 1.29 is 38.2 Å². The number of carbonyl (C=O) groups excluding carboxylic acids is 5. The standard InChI is InChI=1S/C42H49N9O8/c1-24(2)34(49-41(56)59-5)38(53)51-23-42(16-17-42)20-33(51)36-45-28-15-12-26(19-29(28)46-36)9-8-25-10-13-27(14-11-25)30-21-43-35(47-30)32-7-6-18-50(32)37(52)31(48-40(55)58-4)22-44-39(54)57-3/h10-15,19,21,24,31-34H,6-7,16-18,20,22-23H2,1-5H3,(H,43,47)(H,44,54)(H,45,46)(H,48,55)(H,49,56)/t31-,32-,33-,34+/m0/s1. The zero-order chi connectivity index (χ0) is 41.8. The van der Waals surface area contributed by atoms with Crippen molar-refractivity contribution in [3.8, 4) is 23.1 Å². The lowest BCUT2D eigenvalue weighted by molar-refractivity contribution is -0.136. The highest BCUT2D eigenvalue weighted by molar-refractivity contribution is 5.88. The summed E-state index contributed by atoms with van der Waals surface area (Å²) in [6.07, 6.45) is 3.92. The average molecular weight is 808 g/mol. The number of amides is 5. The third-order valence-electron chi connectivity index (χ3n) is 11.4. The monoisotopic (exact) mass is 807 g/mol. The van der Waals surface area contributed by atoms with Gasteiger partial charge in [-0.25, -0.2) is 24.4 Å². The van der Waals surface area contributed by atoms with Crippen molar-refractivity contribution >= 4 is 41.1 Å². The summed E-state index contributed by atoms with van der Waals surface area (Å²) in [4.78, 5) is 83.1. The van der Waals surface area contributed by atoms with E-state index in [0.717, 1.165) is 64.9 Å². The lowest BCUT2D eigenvalue weighted by Gasteiger charge is -2.30. The normalized spacial score (nSPS) is 18.8. The van der Waals surface area contributed by atoms with Gasteiger partial charge in [0.25, 0.3) is 0 Å². The molecule has 5 amide bonds. The van der Waals surface area contributed by atoms with Crippen molar-refractivity contribution in [2.24, 2.45) is 11.3 Å². The minimum atomic E-state index is -1.07. The molecule has 4 aromatic rings. The smallest absolute Gasteiger partial charge is 0.407 e. The molecule has 0 radical (unpaired) electrons. The molecule has 2 aliphatic heterocycles. The summed E-state index contributed by atoms with van der Waals surface area (Å²) in [5.41, 5.74) is 4.97. The van der Waals surface area contributed by atoms with Gasteiger partial charge in [0.05, 0.1) is 62.9 Å². The number of ether oxygens (including phenoxy) is 3. The number of imidazole rings is 2. The first-order valence-corrected chi connectivity index (χ1v) is 19.7. The largest absolute Gasteiger partial charge is 0.453 e. The number of hydrogen-bond acceptors (Lipinski definition) is 10. The molecule has 4 atom stereocenters. The minimum Gasteiger partial charge on any atom is -0.453 e. The number of H-pyrrole nitrogens is 2. The summed E-state index contributed by atoms with van der Waals surface area (Å²) in [6.45, 7) is 4.72. The van der Waals surface area contributed by atoms with E-state index < -0.39 is 30.4 Å². The number of aromatic nitrogens is 4. The van der Waals surface area contributed by atoms with Crippen molar-refractivity contribution in [2.45, 2.75) is 70.1 Å². The van der Waals surface area contributed by atoms with Gasteiger partial charge in [0.15, 0.2) is 0 Å². The number of methoxy groups -OCH3 is 3. The van der Waals surface area contributed by atoms with E-state index in [1.807, 2.05) is 61.2 Å². The van der Waals surface area contributed by atoms with Gasteiger partial charge in [0, 0.05) is 24.2 Å². The predicted octanol–water partition coefficient (Wildman–Crippen LogP) is 4.53. The lowest BCUT2D eigenvalue weighted by atomic mass is 10.0. The Morgan fingerprint density at radius 1 is 0.847 bits per heavy atom. The molecule has 17 heteroatoms. The van der Waals surface area contributed by atoms with Crippen molar-refractivity contribution in [2.75, 3.05) is 41.0 Å². The number of carbonyl (C=O) groups is 5. The Hall–Kier alpha value is -6.57. The molecule has 3 fully saturated rings. The number of aromatic amines is 2. The van der Waals surface area contributed by atoms with Crippen LogP contribution in [0.2, 0.25) is 0 Å². The van der Waals surface area contributed by atoms with Crippen LogP contribution in [-0.2, 0) is 23.8 Å². The lowest BCUT2D eigenvalue weighted by Crippen LogP contribution is -2.53. The number of nitrogens with zero attached hydrogens (tertiary/aromatic N) is 4. The first kappa shape index (κ1) is 40.6. The van der Waals surface area contributed by atoms with Crippen LogP contribution in [-0.4, -0.2) is 113 Å². The summed E-state index contributed by atoms with van der Waals surface area (Å²) in [5, 5.41) is 7.69. The van der Waals surface area contributed by atoms with Gasteiger partial charge in [-0.15, -0.1) is 0 Å². The fraction of sp³-hybridized carbons (Fsp3) is 0.452. The number of benzene rings is 2. The molecule has 2 saturated heterocycles. The second kappa shape index (κ2) is 17.1. The Labute approximate surface area is 341 Å². The molecule has 0 unspecified atom stereocenters. The zero-order valence-corrected chi connectivity index (χ0v) is 33.7. The number of fused-ring (bicyclic) bond motifs is 1. The van der Waals surface area contributed by atoms with Crippen LogP contribution in [0.5, 0.6) is 0 Å². The molecular formula is C42H49N9O8. The van der Waals surface area contributed by atoms with E-state index in [4.69, 9.17) is 9.72 Å². The third-order valence-corrected chi connectivity index (χ3v) is 11.4. The number of nitrogens with one attached hydrogen (secondary N) is 5. The van der Waals surface area contributed by atoms with Crippen molar-refractivity contribution in [3.05, 3.63) is 71.4 Å². The SMILES string of the molecule is COC(=O)NC[C@H](NC(=O)OC)C(=O)N1CCC[C@H]1c1ncc(-c2ccc(C#Cc3ccc4nc([C@@H]5CC6(CC6)CN5C(=O)[C@H](NC(=O)OC)C(C)C)[nH]c4c3)cc2)[nH]1. The maximum Gasteiger partial charge on any atom is 0.407 e. The molecule has 1 aliphatic carbocycles. The summed E-state index contributed by atoms with van der Waals surface area (Å²) in [5.74, 6) is 7.19. The van der Waals surface area contributed by atoms with Gasteiger partial charge < -0.3 is 49.9 Å². The maximum atomic E-state index is 13.9. The Balaban J connectivity index is 1.02. The molecule has 2 aromatic carbocycles. The molecule has 59 heavy (non-hydrogen) atoms. The Morgan fingerprint density at radius 3 is 2.24 bits per heavy atom. The van der Waals surface area contributed by atoms with E-state index in [2.05, 4.69) is 52.2 Å². The topological polar surface area (TPSA) is 213 Å². The Kier molecular flexibility index (Phi) is 11.8. The van der Waals surface area contributed by atoms with Gasteiger partial charge in [-0.1, -0.05) is 37.8 Å². The number of hydrogen-bond donors (Lipinski definition) is 5. The van der Waals surface area contributed by atoms with Crippen LogP contribution in [0.4, 0.5) is 14.4 Å². The van der Waals surface area contributed by atoms with E-state index in [-0.39, 0.29) is 41.8 Å². The second-order valence-electron chi connectivity index (χ2n) is 15.7. The van der Waals surface area contributed by atoms with Crippen LogP contribution >= 0.6 is 0 Å². The van der Waals surface area contributed by atoms with Crippen LogP contribution in [0, 0.1) is 23.2 Å². The summed E-state index contributed by atoms with van der Waals surface area (Å²) in [6, 6.07) is 11.2. The van der Waals surface area contributed by atoms with Crippen LogP contribution in [0.1, 0.15) is 80.8 Å². The minimum absolute atomic E-state index is 0.0951.